The molecule has 0 unspecified atom stereocenters. The molecule has 0 saturated heterocycles. The van der Waals surface area contributed by atoms with Crippen LogP contribution < -0.4 is 50.4 Å². The van der Waals surface area contributed by atoms with E-state index in [1.165, 1.54) is 22.9 Å². The van der Waals surface area contributed by atoms with Crippen LogP contribution in [0.1, 0.15) is 107 Å². The number of thiazole rings is 2. The Kier molecular flexibility index (Phi) is 31.5. The maximum Gasteiger partial charge on any atom is 0.237 e. The van der Waals surface area contributed by atoms with Crippen molar-refractivity contribution in [3.8, 4) is 22.0 Å². The minimum atomic E-state index is -0.676. The quantitative estimate of drug-likeness (QED) is 0.0180. The van der Waals surface area contributed by atoms with Crippen LogP contribution in [0.2, 0.25) is 0 Å². The Morgan fingerprint density at radius 2 is 0.959 bits per heavy atom. The van der Waals surface area contributed by atoms with Crippen molar-refractivity contribution in [2.75, 3.05) is 19.6 Å². The van der Waals surface area contributed by atoms with Crippen LogP contribution in [0.3, 0.4) is 0 Å². The van der Waals surface area contributed by atoms with Crippen molar-refractivity contribution in [3.63, 3.8) is 0 Å². The summed E-state index contributed by atoms with van der Waals surface area (Å²) < 4.78 is 4.23. The van der Waals surface area contributed by atoms with Gasteiger partial charge < -0.3 is 50.4 Å². The third kappa shape index (κ3) is 25.5. The number of aromatic nitrogens is 5. The van der Waals surface area contributed by atoms with E-state index in [4.69, 9.17) is 34.4 Å². The van der Waals surface area contributed by atoms with Gasteiger partial charge in [0.05, 0.1) is 69.5 Å². The van der Waals surface area contributed by atoms with E-state index in [-0.39, 0.29) is 54.3 Å². The standard InChI is InChI=1S/C26H32N4O2.C24H31N5O2S2.C24H29N5O2S/c1-18-9-11-23-21(14-18)15-20(17-29-23)16-25(31)24(12-10-19-6-3-2-4-7-19)30-26(32)22(28)8-5-13-27;1-15-23(33-16(2)27-15)20-14-32-22(28-20)13-21(30)19(11-10-17-7-4-3-5-8-17)29-24(31)18(26)9-6-12-25;25-14-4-7-20(26)24(31)28-21(13-10-17-5-2-1-3-6-17)22(30)15-18-8-11-19(12-9-18)23-27-16-32-29-23/h2-4,6-7,9,11,14-15,17,22,24H,5,8,10,12-13,16,27-28H2,1H3,(H,30,32);3-5,7-8,14,18-19H,6,9-13,25-26H2,1-2H3,(H,29,31);1-3,5-6,8-9,11-12,16,20-21H,4,7,10,13-15,25-26H2,(H,28,31)/t22-,24+;18-,19+;20-,21+/m000/s1. The summed E-state index contributed by atoms with van der Waals surface area (Å²) in [7, 11) is 0. The summed E-state index contributed by atoms with van der Waals surface area (Å²) in [6, 6.07) is 41.6. The lowest BCUT2D eigenvalue weighted by Gasteiger charge is -2.20. The number of benzene rings is 5. The molecule has 0 saturated carbocycles. The van der Waals surface area contributed by atoms with Crippen LogP contribution in [-0.4, -0.2) is 115 Å². The van der Waals surface area contributed by atoms with Crippen LogP contribution in [0.15, 0.2) is 157 Å². The third-order valence-electron chi connectivity index (χ3n) is 16.2. The number of nitrogens with one attached hydrogen (secondary N) is 3. The molecule has 15 N–H and O–H groups in total. The molecule has 0 bridgehead atoms. The first-order valence-corrected chi connectivity index (χ1v) is 35.5. The summed E-state index contributed by atoms with van der Waals surface area (Å²) in [5.41, 5.74) is 46.0. The van der Waals surface area contributed by atoms with Gasteiger partial charge in [-0.25, -0.2) is 15.0 Å². The van der Waals surface area contributed by atoms with Crippen LogP contribution >= 0.6 is 34.2 Å². The van der Waals surface area contributed by atoms with Gasteiger partial charge in [0, 0.05) is 35.4 Å². The molecule has 512 valence electrons. The third-order valence-corrected chi connectivity index (χ3v) is 18.6. The molecule has 4 heterocycles. The topological polar surface area (TPSA) is 359 Å². The molecule has 4 aromatic heterocycles. The number of amides is 3. The molecule has 0 fully saturated rings. The first-order chi connectivity index (χ1) is 46.9. The van der Waals surface area contributed by atoms with E-state index in [1.54, 1.807) is 23.0 Å². The summed E-state index contributed by atoms with van der Waals surface area (Å²) >= 11 is 4.35. The number of nitrogens with zero attached hydrogens (tertiary/aromatic N) is 5. The van der Waals surface area contributed by atoms with Crippen LogP contribution in [0.5, 0.6) is 0 Å². The molecule has 20 nitrogen and oxygen atoms in total. The van der Waals surface area contributed by atoms with Crippen molar-refractivity contribution >= 4 is 80.2 Å². The Morgan fingerprint density at radius 3 is 1.39 bits per heavy atom. The minimum Gasteiger partial charge on any atom is -0.345 e. The molecular weight excluding hydrogens is 1280 g/mol. The number of fused-ring (bicyclic) bond motifs is 1. The monoisotopic (exact) mass is 1370 g/mol. The van der Waals surface area contributed by atoms with E-state index in [9.17, 15) is 28.8 Å². The molecule has 0 radical (unpaired) electrons. The van der Waals surface area contributed by atoms with E-state index in [2.05, 4.69) is 46.3 Å². The molecule has 0 aliphatic carbocycles. The Bertz CT molecular complexity index is 3890. The van der Waals surface area contributed by atoms with Crippen LogP contribution in [0.4, 0.5) is 0 Å². The van der Waals surface area contributed by atoms with Gasteiger partial charge >= 0.3 is 0 Å². The zero-order chi connectivity index (χ0) is 69.5. The van der Waals surface area contributed by atoms with Gasteiger partial charge in [-0.2, -0.15) is 4.37 Å². The molecule has 0 spiro atoms. The molecule has 9 rings (SSSR count). The number of rotatable bonds is 35. The first-order valence-electron chi connectivity index (χ1n) is 33.0. The van der Waals surface area contributed by atoms with Crippen molar-refractivity contribution in [1.29, 1.82) is 0 Å². The average Bonchev–Trinajstić information content (AvgIpc) is 1.85. The van der Waals surface area contributed by atoms with Gasteiger partial charge in [0.2, 0.25) is 17.7 Å². The van der Waals surface area contributed by atoms with E-state index >= 15 is 0 Å². The number of carbonyl (C=O) groups is 6. The molecule has 0 aliphatic rings. The van der Waals surface area contributed by atoms with Gasteiger partial charge in [0.15, 0.2) is 23.2 Å². The lowest BCUT2D eigenvalue weighted by molar-refractivity contribution is -0.128. The highest BCUT2D eigenvalue weighted by Crippen LogP contribution is 2.31. The van der Waals surface area contributed by atoms with Crippen molar-refractivity contribution in [2.24, 2.45) is 34.4 Å². The zero-order valence-corrected chi connectivity index (χ0v) is 58.0. The molecule has 6 atom stereocenters. The fourth-order valence-electron chi connectivity index (χ4n) is 10.7. The van der Waals surface area contributed by atoms with Crippen LogP contribution in [-0.2, 0) is 67.3 Å². The number of hydrogen-bond donors (Lipinski definition) is 9. The average molecular weight is 1370 g/mol. The molecule has 9 aromatic rings. The summed E-state index contributed by atoms with van der Waals surface area (Å²) in [5, 5.41) is 13.3. The zero-order valence-electron chi connectivity index (χ0n) is 55.6. The summed E-state index contributed by atoms with van der Waals surface area (Å²) in [6.45, 7) is 7.39. The molecule has 5 aromatic carbocycles. The number of aryl methyl sites for hydroxylation is 6. The maximum atomic E-state index is 13.2. The summed E-state index contributed by atoms with van der Waals surface area (Å²) in [5.74, 6) is -0.415. The van der Waals surface area contributed by atoms with Crippen molar-refractivity contribution in [1.82, 2.24) is 40.3 Å². The Labute approximate surface area is 580 Å². The smallest absolute Gasteiger partial charge is 0.237 e. The number of ketones is 3. The number of nitrogens with two attached hydrogens (primary N) is 6. The van der Waals surface area contributed by atoms with E-state index < -0.39 is 36.3 Å². The predicted octanol–water partition coefficient (Wildman–Crippen LogP) is 8.52. The highest BCUT2D eigenvalue weighted by molar-refractivity contribution is 7.16. The summed E-state index contributed by atoms with van der Waals surface area (Å²) in [6.07, 6.45) is 9.38. The van der Waals surface area contributed by atoms with Gasteiger partial charge in [-0.15, -0.1) is 22.7 Å². The largest absolute Gasteiger partial charge is 0.345 e. The second kappa shape index (κ2) is 40.3. The maximum absolute atomic E-state index is 13.2. The SMILES string of the molecule is Cc1ccc2ncc(CC(=O)[C@@H](CCc3ccccc3)NC(=O)[C@@H](N)CCCN)cc2c1.Cc1nc(C)c(-c2csc(CC(=O)[C@@H](CCc3ccccc3)NC(=O)[C@@H](N)CCCN)n2)s1.NCCC[C@H](N)C(=O)N[C@H](CCc1ccccc1)C(=O)Cc1ccc(-c2ncsn2)cc1. The Balaban J connectivity index is 0.000000205. The van der Waals surface area contributed by atoms with Crippen LogP contribution in [0, 0.1) is 20.8 Å². The highest BCUT2D eigenvalue weighted by Gasteiger charge is 2.28. The van der Waals surface area contributed by atoms with Crippen molar-refractivity contribution in [3.05, 3.63) is 206 Å². The number of carbonyl (C=O) groups excluding carboxylic acids is 6. The van der Waals surface area contributed by atoms with Gasteiger partial charge in [-0.1, -0.05) is 127 Å². The van der Waals surface area contributed by atoms with Gasteiger partial charge in [0.1, 0.15) is 10.5 Å². The van der Waals surface area contributed by atoms with Crippen LogP contribution in [0.25, 0.3) is 32.9 Å². The predicted molar refractivity (Wildman–Crippen MR) is 390 cm³/mol. The molecule has 0 aliphatic heterocycles. The number of hydrogen-bond acceptors (Lipinski definition) is 20. The fourth-order valence-corrected chi connectivity index (χ4v) is 12.9. The van der Waals surface area contributed by atoms with E-state index in [1.807, 2.05) is 160 Å². The molecule has 97 heavy (non-hydrogen) atoms. The number of Topliss-reactive ketones (excluding diaryl/α,β-unsaturated/α-hetero) is 3. The second-order valence-electron chi connectivity index (χ2n) is 24.1. The van der Waals surface area contributed by atoms with Gasteiger partial charge in [0.25, 0.3) is 0 Å². The Morgan fingerprint density at radius 1 is 0.495 bits per heavy atom. The van der Waals surface area contributed by atoms with Crippen molar-refractivity contribution in [2.45, 2.75) is 153 Å². The van der Waals surface area contributed by atoms with E-state index in [0.717, 1.165) is 76.1 Å². The summed E-state index contributed by atoms with van der Waals surface area (Å²) in [4.78, 5) is 96.1. The molecular formula is C74H92N14O6S3. The minimum absolute atomic E-state index is 0.0418. The van der Waals surface area contributed by atoms with E-state index in [0.29, 0.717) is 103 Å². The highest BCUT2D eigenvalue weighted by atomic mass is 32.1. The normalized spacial score (nSPS) is 12.9. The fraction of sp³-hybridized carbons (Fsp3) is 0.365. The lowest BCUT2D eigenvalue weighted by atomic mass is 9.96. The number of pyridine rings is 1. The Hall–Kier alpha value is -8.49. The molecule has 3 amide bonds. The first kappa shape index (κ1) is 75.9. The lowest BCUT2D eigenvalue weighted by Crippen LogP contribution is -2.49. The van der Waals surface area contributed by atoms with Crippen molar-refractivity contribution < 1.29 is 28.8 Å². The molecule has 23 heteroatoms. The van der Waals surface area contributed by atoms with Gasteiger partial charge in [-0.05, 0) is 175 Å². The van der Waals surface area contributed by atoms with Gasteiger partial charge in [-0.3, -0.25) is 33.8 Å². The second-order valence-corrected chi connectivity index (χ2v) is 26.8.